The Labute approximate surface area is 97.9 Å². The van der Waals surface area contributed by atoms with E-state index in [4.69, 9.17) is 0 Å². The van der Waals surface area contributed by atoms with E-state index in [1.54, 1.807) is 0 Å². The van der Waals surface area contributed by atoms with E-state index in [0.29, 0.717) is 0 Å². The third kappa shape index (κ3) is 4.80. The Hall–Kier alpha value is -0.340. The fraction of sp³-hybridized carbons (Fsp3) is 0.692. The molecule has 15 heavy (non-hydrogen) atoms. The van der Waals surface area contributed by atoms with Crippen LogP contribution in [-0.4, -0.2) is 13.1 Å². The summed E-state index contributed by atoms with van der Waals surface area (Å²) in [5.41, 5.74) is 0. The van der Waals surface area contributed by atoms with E-state index in [-0.39, 0.29) is 0 Å². The molecule has 1 aromatic heterocycles. The van der Waals surface area contributed by atoms with Crippen molar-refractivity contribution in [3.8, 4) is 0 Å². The fourth-order valence-electron chi connectivity index (χ4n) is 1.78. The number of hydrogen-bond acceptors (Lipinski definition) is 2. The number of rotatable bonds is 7. The summed E-state index contributed by atoms with van der Waals surface area (Å²) in [5, 5.41) is 5.63. The monoisotopic (exact) mass is 225 g/mol. The molecule has 1 rings (SSSR count). The Morgan fingerprint density at radius 3 is 2.73 bits per heavy atom. The molecule has 0 aromatic carbocycles. The standard InChI is InChI=1S/C13H23NS/c1-4-14-10-12(11(2)3)7-8-13-6-5-9-15-13/h5-6,9,11-12,14H,4,7-8,10H2,1-3H3. The molecule has 1 N–H and O–H groups in total. The van der Waals surface area contributed by atoms with Crippen molar-refractivity contribution in [2.75, 3.05) is 13.1 Å². The molecule has 0 fully saturated rings. The molecule has 1 nitrogen and oxygen atoms in total. The maximum Gasteiger partial charge on any atom is 0.00453 e. The first kappa shape index (κ1) is 12.7. The molecule has 0 spiro atoms. The van der Waals surface area contributed by atoms with Crippen LogP contribution in [0.1, 0.15) is 32.1 Å². The number of nitrogens with one attached hydrogen (secondary N) is 1. The first-order chi connectivity index (χ1) is 7.24. The Bertz CT molecular complexity index is 241. The molecule has 0 amide bonds. The van der Waals surface area contributed by atoms with Gasteiger partial charge in [0.2, 0.25) is 0 Å². The van der Waals surface area contributed by atoms with Gasteiger partial charge < -0.3 is 5.32 Å². The fourth-order valence-corrected chi connectivity index (χ4v) is 2.51. The van der Waals surface area contributed by atoms with Crippen molar-refractivity contribution in [3.63, 3.8) is 0 Å². The van der Waals surface area contributed by atoms with Gasteiger partial charge in [-0.25, -0.2) is 0 Å². The summed E-state index contributed by atoms with van der Waals surface area (Å²) >= 11 is 1.88. The maximum atomic E-state index is 3.46. The van der Waals surface area contributed by atoms with Gasteiger partial charge in [0.05, 0.1) is 0 Å². The van der Waals surface area contributed by atoms with E-state index in [0.717, 1.165) is 18.4 Å². The van der Waals surface area contributed by atoms with Crippen LogP contribution in [0.4, 0.5) is 0 Å². The zero-order valence-corrected chi connectivity index (χ0v) is 10.9. The lowest BCUT2D eigenvalue weighted by Gasteiger charge is -2.20. The second kappa shape index (κ2) is 7.02. The minimum absolute atomic E-state index is 0.781. The zero-order valence-electron chi connectivity index (χ0n) is 10.1. The van der Waals surface area contributed by atoms with Crippen LogP contribution >= 0.6 is 11.3 Å². The highest BCUT2D eigenvalue weighted by atomic mass is 32.1. The van der Waals surface area contributed by atoms with Crippen LogP contribution in [0, 0.1) is 11.8 Å². The second-order valence-electron chi connectivity index (χ2n) is 4.43. The van der Waals surface area contributed by atoms with Crippen LogP contribution in [0.3, 0.4) is 0 Å². The van der Waals surface area contributed by atoms with Gasteiger partial charge in [0.25, 0.3) is 0 Å². The predicted octanol–water partition coefficient (Wildman–Crippen LogP) is 3.56. The quantitative estimate of drug-likeness (QED) is 0.748. The van der Waals surface area contributed by atoms with Gasteiger partial charge in [0.15, 0.2) is 0 Å². The minimum Gasteiger partial charge on any atom is -0.317 e. The van der Waals surface area contributed by atoms with E-state index in [1.165, 1.54) is 24.3 Å². The molecule has 2 heteroatoms. The number of hydrogen-bond donors (Lipinski definition) is 1. The summed E-state index contributed by atoms with van der Waals surface area (Å²) in [4.78, 5) is 1.53. The summed E-state index contributed by atoms with van der Waals surface area (Å²) in [6, 6.07) is 4.39. The number of thiophene rings is 1. The first-order valence-corrected chi connectivity index (χ1v) is 6.85. The molecule has 0 aliphatic rings. The Balaban J connectivity index is 2.31. The van der Waals surface area contributed by atoms with E-state index in [2.05, 4.69) is 43.6 Å². The zero-order chi connectivity index (χ0) is 11.1. The van der Waals surface area contributed by atoms with Crippen LogP contribution < -0.4 is 5.32 Å². The lowest BCUT2D eigenvalue weighted by atomic mass is 9.91. The SMILES string of the molecule is CCNCC(CCc1cccs1)C(C)C. The predicted molar refractivity (Wildman–Crippen MR) is 69.5 cm³/mol. The normalized spacial score (nSPS) is 13.3. The van der Waals surface area contributed by atoms with Crippen LogP contribution in [0.25, 0.3) is 0 Å². The highest BCUT2D eigenvalue weighted by Gasteiger charge is 2.12. The largest absolute Gasteiger partial charge is 0.317 e. The van der Waals surface area contributed by atoms with Gasteiger partial charge in [-0.05, 0) is 49.2 Å². The van der Waals surface area contributed by atoms with E-state index in [1.807, 2.05) is 11.3 Å². The molecule has 0 aliphatic heterocycles. The van der Waals surface area contributed by atoms with Gasteiger partial charge in [0, 0.05) is 4.88 Å². The molecule has 1 unspecified atom stereocenters. The molecule has 0 aliphatic carbocycles. The maximum absolute atomic E-state index is 3.46. The Morgan fingerprint density at radius 2 is 2.20 bits per heavy atom. The molecule has 1 atom stereocenters. The van der Waals surface area contributed by atoms with Gasteiger partial charge in [0.1, 0.15) is 0 Å². The third-order valence-corrected chi connectivity index (χ3v) is 3.88. The average Bonchev–Trinajstić information content (AvgIpc) is 2.70. The van der Waals surface area contributed by atoms with Crippen molar-refractivity contribution in [3.05, 3.63) is 22.4 Å². The van der Waals surface area contributed by atoms with Gasteiger partial charge in [-0.3, -0.25) is 0 Å². The van der Waals surface area contributed by atoms with Crippen LogP contribution in [0.5, 0.6) is 0 Å². The molecule has 0 bridgehead atoms. The third-order valence-electron chi connectivity index (χ3n) is 2.94. The van der Waals surface area contributed by atoms with Crippen molar-refractivity contribution in [1.82, 2.24) is 5.32 Å². The molecule has 0 saturated carbocycles. The summed E-state index contributed by atoms with van der Waals surface area (Å²) in [6.45, 7) is 9.09. The van der Waals surface area contributed by atoms with Gasteiger partial charge in [-0.2, -0.15) is 0 Å². The van der Waals surface area contributed by atoms with Gasteiger partial charge in [-0.15, -0.1) is 11.3 Å². The van der Waals surface area contributed by atoms with E-state index < -0.39 is 0 Å². The molecular weight excluding hydrogens is 202 g/mol. The number of aryl methyl sites for hydroxylation is 1. The van der Waals surface area contributed by atoms with Crippen LogP contribution in [-0.2, 0) is 6.42 Å². The summed E-state index contributed by atoms with van der Waals surface area (Å²) in [7, 11) is 0. The van der Waals surface area contributed by atoms with E-state index in [9.17, 15) is 0 Å². The molecule has 1 heterocycles. The van der Waals surface area contributed by atoms with Gasteiger partial charge in [-0.1, -0.05) is 26.8 Å². The molecule has 0 saturated heterocycles. The van der Waals surface area contributed by atoms with E-state index >= 15 is 0 Å². The summed E-state index contributed by atoms with van der Waals surface area (Å²) < 4.78 is 0. The Morgan fingerprint density at radius 1 is 1.40 bits per heavy atom. The molecule has 86 valence electrons. The summed E-state index contributed by atoms with van der Waals surface area (Å²) in [6.07, 6.45) is 2.55. The second-order valence-corrected chi connectivity index (χ2v) is 5.46. The van der Waals surface area contributed by atoms with Crippen molar-refractivity contribution in [1.29, 1.82) is 0 Å². The smallest absolute Gasteiger partial charge is 0.00453 e. The highest BCUT2D eigenvalue weighted by molar-refractivity contribution is 7.09. The van der Waals surface area contributed by atoms with Crippen molar-refractivity contribution >= 4 is 11.3 Å². The topological polar surface area (TPSA) is 12.0 Å². The van der Waals surface area contributed by atoms with Crippen molar-refractivity contribution in [2.45, 2.75) is 33.6 Å². The van der Waals surface area contributed by atoms with Crippen molar-refractivity contribution in [2.24, 2.45) is 11.8 Å². The lowest BCUT2D eigenvalue weighted by molar-refractivity contribution is 0.344. The molecule has 1 aromatic rings. The average molecular weight is 225 g/mol. The molecule has 0 radical (unpaired) electrons. The lowest BCUT2D eigenvalue weighted by Crippen LogP contribution is -2.26. The summed E-state index contributed by atoms with van der Waals surface area (Å²) in [5.74, 6) is 1.59. The Kier molecular flexibility index (Phi) is 5.96. The van der Waals surface area contributed by atoms with Crippen LogP contribution in [0.15, 0.2) is 17.5 Å². The molecular formula is C13H23NS. The van der Waals surface area contributed by atoms with Gasteiger partial charge >= 0.3 is 0 Å². The minimum atomic E-state index is 0.781. The van der Waals surface area contributed by atoms with Crippen molar-refractivity contribution < 1.29 is 0 Å². The highest BCUT2D eigenvalue weighted by Crippen LogP contribution is 2.19. The van der Waals surface area contributed by atoms with Crippen LogP contribution in [0.2, 0.25) is 0 Å². The first-order valence-electron chi connectivity index (χ1n) is 5.97.